The summed E-state index contributed by atoms with van der Waals surface area (Å²) in [6.45, 7) is 10.2. The molecule has 0 aliphatic heterocycles. The minimum Gasteiger partial charge on any atom is -0.486 e. The van der Waals surface area contributed by atoms with E-state index in [2.05, 4.69) is 31.8 Å². The molecule has 0 saturated carbocycles. The first-order valence-corrected chi connectivity index (χ1v) is 8.05. The maximum atomic E-state index is 10.2. The number of rotatable bonds is 5. The van der Waals surface area contributed by atoms with Crippen LogP contribution in [-0.4, -0.2) is 10.1 Å². The molecule has 0 aliphatic carbocycles. The van der Waals surface area contributed by atoms with Gasteiger partial charge in [0.25, 0.3) is 0 Å². The van der Waals surface area contributed by atoms with Crippen LogP contribution in [0.25, 0.3) is 0 Å². The molecule has 0 bridgehead atoms. The van der Waals surface area contributed by atoms with Gasteiger partial charge in [-0.05, 0) is 51.3 Å². The van der Waals surface area contributed by atoms with Crippen LogP contribution in [0.3, 0.4) is 0 Å². The molecular formula is C17H23NO2S. The zero-order valence-corrected chi connectivity index (χ0v) is 14.2. The highest BCUT2D eigenvalue weighted by Gasteiger charge is 2.24. The average molecular weight is 305 g/mol. The van der Waals surface area contributed by atoms with Gasteiger partial charge in [-0.15, -0.1) is 11.3 Å². The van der Waals surface area contributed by atoms with Crippen LogP contribution >= 0.6 is 11.3 Å². The minimum atomic E-state index is -0.847. The van der Waals surface area contributed by atoms with Gasteiger partial charge in [0, 0.05) is 0 Å². The number of aliphatic hydroxyl groups is 1. The number of nitrogens with zero attached hydrogens (tertiary/aromatic N) is 1. The van der Waals surface area contributed by atoms with Gasteiger partial charge in [0.1, 0.15) is 17.4 Å². The predicted molar refractivity (Wildman–Crippen MR) is 87.0 cm³/mol. The van der Waals surface area contributed by atoms with E-state index < -0.39 is 5.60 Å². The van der Waals surface area contributed by atoms with Crippen molar-refractivity contribution in [2.75, 3.05) is 0 Å². The third kappa shape index (κ3) is 3.63. The quantitative estimate of drug-likeness (QED) is 0.903. The van der Waals surface area contributed by atoms with Gasteiger partial charge in [-0.2, -0.15) is 0 Å². The number of thiazole rings is 1. The Kier molecular flexibility index (Phi) is 4.69. The Morgan fingerprint density at radius 3 is 2.57 bits per heavy atom. The fraction of sp³-hybridized carbons (Fsp3) is 0.471. The first-order chi connectivity index (χ1) is 9.82. The summed E-state index contributed by atoms with van der Waals surface area (Å²) in [4.78, 5) is 5.53. The standard InChI is InChI=1S/C17H23NO2S/c1-6-13-16(17(4,5)19)21-15(18-13)10-20-14-9-7-8-11(2)12(14)3/h7-9,19H,6,10H2,1-5H3. The summed E-state index contributed by atoms with van der Waals surface area (Å²) in [5.74, 6) is 0.896. The molecule has 2 aromatic rings. The van der Waals surface area contributed by atoms with Crippen molar-refractivity contribution in [2.45, 2.75) is 53.2 Å². The van der Waals surface area contributed by atoms with E-state index >= 15 is 0 Å². The summed E-state index contributed by atoms with van der Waals surface area (Å²) in [5, 5.41) is 11.1. The van der Waals surface area contributed by atoms with E-state index in [1.54, 1.807) is 13.8 Å². The molecule has 21 heavy (non-hydrogen) atoms. The maximum absolute atomic E-state index is 10.2. The molecule has 0 radical (unpaired) electrons. The maximum Gasteiger partial charge on any atom is 0.140 e. The van der Waals surface area contributed by atoms with Crippen LogP contribution < -0.4 is 4.74 Å². The Labute approximate surface area is 130 Å². The number of ether oxygens (including phenoxy) is 1. The molecule has 1 heterocycles. The molecule has 0 saturated heterocycles. The van der Waals surface area contributed by atoms with Crippen molar-refractivity contribution in [3.8, 4) is 5.75 Å². The summed E-state index contributed by atoms with van der Waals surface area (Å²) >= 11 is 1.53. The molecular weight excluding hydrogens is 282 g/mol. The van der Waals surface area contributed by atoms with Gasteiger partial charge in [0.05, 0.1) is 16.2 Å². The molecule has 0 aliphatic rings. The minimum absolute atomic E-state index is 0.443. The normalized spacial score (nSPS) is 11.7. The molecule has 2 rings (SSSR count). The van der Waals surface area contributed by atoms with Crippen LogP contribution in [0.4, 0.5) is 0 Å². The van der Waals surface area contributed by atoms with E-state index in [4.69, 9.17) is 4.74 Å². The Bertz CT molecular complexity index is 626. The summed E-state index contributed by atoms with van der Waals surface area (Å²) in [6.07, 6.45) is 0.819. The lowest BCUT2D eigenvalue weighted by Gasteiger charge is -2.15. The number of benzene rings is 1. The largest absolute Gasteiger partial charge is 0.486 e. The lowest BCUT2D eigenvalue weighted by molar-refractivity contribution is 0.0814. The van der Waals surface area contributed by atoms with Gasteiger partial charge < -0.3 is 9.84 Å². The van der Waals surface area contributed by atoms with Crippen LogP contribution in [-0.2, 0) is 18.6 Å². The van der Waals surface area contributed by atoms with Crippen molar-refractivity contribution in [2.24, 2.45) is 0 Å². The van der Waals surface area contributed by atoms with Gasteiger partial charge in [-0.25, -0.2) is 4.98 Å². The third-order valence-electron chi connectivity index (χ3n) is 3.54. The highest BCUT2D eigenvalue weighted by Crippen LogP contribution is 2.31. The Morgan fingerprint density at radius 1 is 1.29 bits per heavy atom. The Balaban J connectivity index is 2.17. The van der Waals surface area contributed by atoms with Crippen molar-refractivity contribution in [1.29, 1.82) is 0 Å². The molecule has 114 valence electrons. The van der Waals surface area contributed by atoms with E-state index in [1.807, 2.05) is 12.1 Å². The topological polar surface area (TPSA) is 42.4 Å². The Hall–Kier alpha value is -1.39. The molecule has 0 fully saturated rings. The first kappa shape index (κ1) is 16.0. The van der Waals surface area contributed by atoms with E-state index in [-0.39, 0.29) is 0 Å². The van der Waals surface area contributed by atoms with Crippen molar-refractivity contribution in [3.05, 3.63) is 44.9 Å². The molecule has 0 unspecified atom stereocenters. The smallest absolute Gasteiger partial charge is 0.140 e. The van der Waals surface area contributed by atoms with Crippen molar-refractivity contribution < 1.29 is 9.84 Å². The van der Waals surface area contributed by atoms with Crippen LogP contribution in [0, 0.1) is 13.8 Å². The van der Waals surface area contributed by atoms with E-state index in [1.165, 1.54) is 16.9 Å². The second-order valence-electron chi connectivity index (χ2n) is 5.78. The van der Waals surface area contributed by atoms with Gasteiger partial charge in [-0.3, -0.25) is 0 Å². The molecule has 1 aromatic carbocycles. The Morgan fingerprint density at radius 2 is 2.00 bits per heavy atom. The van der Waals surface area contributed by atoms with Crippen LogP contribution in [0.15, 0.2) is 18.2 Å². The van der Waals surface area contributed by atoms with Gasteiger partial charge in [-0.1, -0.05) is 19.1 Å². The zero-order valence-electron chi connectivity index (χ0n) is 13.4. The molecule has 0 spiro atoms. The SMILES string of the molecule is CCc1nc(COc2cccc(C)c2C)sc1C(C)(C)O. The highest BCUT2D eigenvalue weighted by atomic mass is 32.1. The van der Waals surface area contributed by atoms with E-state index in [0.29, 0.717) is 6.61 Å². The lowest BCUT2D eigenvalue weighted by atomic mass is 10.1. The molecule has 4 heteroatoms. The molecule has 0 amide bonds. The predicted octanol–water partition coefficient (Wildman–Crippen LogP) is 4.13. The summed E-state index contributed by atoms with van der Waals surface area (Å²) in [6, 6.07) is 6.06. The number of hydrogen-bond acceptors (Lipinski definition) is 4. The van der Waals surface area contributed by atoms with Gasteiger partial charge in [0.15, 0.2) is 0 Å². The average Bonchev–Trinajstić information content (AvgIpc) is 2.84. The van der Waals surface area contributed by atoms with Crippen LogP contribution in [0.5, 0.6) is 5.75 Å². The van der Waals surface area contributed by atoms with E-state index in [9.17, 15) is 5.11 Å². The van der Waals surface area contributed by atoms with Crippen LogP contribution in [0.1, 0.15) is 47.5 Å². The first-order valence-electron chi connectivity index (χ1n) is 7.23. The second kappa shape index (κ2) is 6.16. The number of hydrogen-bond donors (Lipinski definition) is 1. The molecule has 1 aromatic heterocycles. The summed E-state index contributed by atoms with van der Waals surface area (Å²) in [5.41, 5.74) is 2.50. The van der Waals surface area contributed by atoms with Crippen LogP contribution in [0.2, 0.25) is 0 Å². The van der Waals surface area contributed by atoms with Crippen molar-refractivity contribution >= 4 is 11.3 Å². The van der Waals surface area contributed by atoms with Gasteiger partial charge in [0.2, 0.25) is 0 Å². The lowest BCUT2D eigenvalue weighted by Crippen LogP contribution is -2.15. The summed E-state index contributed by atoms with van der Waals surface area (Å²) in [7, 11) is 0. The van der Waals surface area contributed by atoms with Crippen molar-refractivity contribution in [1.82, 2.24) is 4.98 Å². The third-order valence-corrected chi connectivity index (χ3v) is 4.92. The summed E-state index contributed by atoms with van der Waals surface area (Å²) < 4.78 is 5.90. The number of aromatic nitrogens is 1. The molecule has 3 nitrogen and oxygen atoms in total. The highest BCUT2D eigenvalue weighted by molar-refractivity contribution is 7.11. The number of aryl methyl sites for hydroxylation is 2. The van der Waals surface area contributed by atoms with Gasteiger partial charge >= 0.3 is 0 Å². The monoisotopic (exact) mass is 305 g/mol. The molecule has 1 N–H and O–H groups in total. The fourth-order valence-corrected chi connectivity index (χ4v) is 3.27. The molecule has 0 atom stereocenters. The van der Waals surface area contributed by atoms with Crippen molar-refractivity contribution in [3.63, 3.8) is 0 Å². The van der Waals surface area contributed by atoms with E-state index in [0.717, 1.165) is 33.3 Å². The zero-order chi connectivity index (χ0) is 15.6. The fourth-order valence-electron chi connectivity index (χ4n) is 2.20. The second-order valence-corrected chi connectivity index (χ2v) is 6.87.